The van der Waals surface area contributed by atoms with Crippen molar-refractivity contribution in [3.8, 4) is 22.8 Å². The van der Waals surface area contributed by atoms with Crippen LogP contribution in [-0.4, -0.2) is 44.9 Å². The summed E-state index contributed by atoms with van der Waals surface area (Å²) in [6, 6.07) is 13.9. The lowest BCUT2D eigenvalue weighted by atomic mass is 9.99. The molecular formula is C25H28N2O6. The van der Waals surface area contributed by atoms with Gasteiger partial charge in [-0.05, 0) is 56.5 Å². The Hall–Kier alpha value is -3.65. The Balaban J connectivity index is 2.17. The average Bonchev–Trinajstić information content (AvgIpc) is 3.18. The number of hydrogen-bond donors (Lipinski definition) is 2. The molecule has 174 valence electrons. The lowest BCUT2D eigenvalue weighted by molar-refractivity contribution is 0.0472. The topological polar surface area (TPSA) is 111 Å². The van der Waals surface area contributed by atoms with Crippen LogP contribution in [0.1, 0.15) is 60.7 Å². The van der Waals surface area contributed by atoms with E-state index in [1.54, 1.807) is 55.5 Å². The van der Waals surface area contributed by atoms with Crippen LogP contribution in [0.15, 0.2) is 48.5 Å². The van der Waals surface area contributed by atoms with Crippen molar-refractivity contribution in [1.29, 1.82) is 0 Å². The lowest BCUT2D eigenvalue weighted by Gasteiger charge is -2.17. The predicted molar refractivity (Wildman–Crippen MR) is 123 cm³/mol. The molecule has 0 radical (unpaired) electrons. The molecule has 1 heterocycles. The van der Waals surface area contributed by atoms with Gasteiger partial charge in [0.25, 0.3) is 0 Å². The Kier molecular flexibility index (Phi) is 7.18. The number of esters is 1. The second kappa shape index (κ2) is 9.87. The molecule has 3 aromatic rings. The molecule has 0 atom stereocenters. The van der Waals surface area contributed by atoms with Gasteiger partial charge in [-0.3, -0.25) is 4.57 Å². The number of aliphatic hydroxyl groups is 1. The molecule has 0 saturated heterocycles. The second-order valence-electron chi connectivity index (χ2n) is 7.95. The number of carbonyl (C=O) groups excluding carboxylic acids is 1. The molecule has 1 aromatic heterocycles. The standard InChI is InChI=1S/C25H28N2O6/c1-5-15-33-24-26-21(25(3,4)31)20(23(30)32-6-2)27(24)17-13-11-16(12-14-17)18-9-7-8-10-19(18)22(28)29/h7-14,31H,5-6,15H2,1-4H3,(H,28,29). The first kappa shape index (κ1) is 24.0. The molecule has 0 fully saturated rings. The number of aromatic nitrogens is 2. The summed E-state index contributed by atoms with van der Waals surface area (Å²) >= 11 is 0. The van der Waals surface area contributed by atoms with Gasteiger partial charge in [0.15, 0.2) is 5.69 Å². The Bertz CT molecular complexity index is 1140. The van der Waals surface area contributed by atoms with E-state index in [0.29, 0.717) is 23.4 Å². The van der Waals surface area contributed by atoms with Crippen LogP contribution in [-0.2, 0) is 10.3 Å². The van der Waals surface area contributed by atoms with Crippen LogP contribution in [0.5, 0.6) is 6.01 Å². The zero-order valence-electron chi connectivity index (χ0n) is 19.2. The van der Waals surface area contributed by atoms with Crippen LogP contribution in [0.2, 0.25) is 0 Å². The number of imidazole rings is 1. The summed E-state index contributed by atoms with van der Waals surface area (Å²) in [6.07, 6.45) is 0.727. The van der Waals surface area contributed by atoms with E-state index in [0.717, 1.165) is 6.42 Å². The van der Waals surface area contributed by atoms with Gasteiger partial charge in [0.1, 0.15) is 11.3 Å². The summed E-state index contributed by atoms with van der Waals surface area (Å²) < 4.78 is 12.6. The molecule has 33 heavy (non-hydrogen) atoms. The van der Waals surface area contributed by atoms with Crippen LogP contribution < -0.4 is 4.74 Å². The summed E-state index contributed by atoms with van der Waals surface area (Å²) in [5.74, 6) is -1.65. The van der Waals surface area contributed by atoms with E-state index in [-0.39, 0.29) is 29.6 Å². The van der Waals surface area contributed by atoms with E-state index >= 15 is 0 Å². The molecule has 0 amide bonds. The fourth-order valence-electron chi connectivity index (χ4n) is 3.46. The minimum atomic E-state index is -1.42. The van der Waals surface area contributed by atoms with Gasteiger partial charge < -0.3 is 19.7 Å². The highest BCUT2D eigenvalue weighted by Gasteiger charge is 2.34. The van der Waals surface area contributed by atoms with Gasteiger partial charge in [0.05, 0.1) is 24.5 Å². The van der Waals surface area contributed by atoms with E-state index in [4.69, 9.17) is 9.47 Å². The molecule has 0 saturated carbocycles. The van der Waals surface area contributed by atoms with Crippen molar-refractivity contribution < 1.29 is 29.3 Å². The molecule has 2 aromatic carbocycles. The van der Waals surface area contributed by atoms with Crippen LogP contribution in [0.4, 0.5) is 0 Å². The quantitative estimate of drug-likeness (QED) is 0.462. The Morgan fingerprint density at radius 2 is 1.73 bits per heavy atom. The molecule has 0 aliphatic rings. The van der Waals surface area contributed by atoms with Gasteiger partial charge in [-0.1, -0.05) is 37.3 Å². The van der Waals surface area contributed by atoms with Crippen molar-refractivity contribution in [3.05, 3.63) is 65.5 Å². The minimum absolute atomic E-state index is 0.0779. The number of aromatic carboxylic acids is 1. The molecule has 3 rings (SSSR count). The predicted octanol–water partition coefficient (Wildman–Crippen LogP) is 4.43. The SMILES string of the molecule is CCCOc1nc(C(C)(C)O)c(C(=O)OCC)n1-c1ccc(-c2ccccc2C(=O)O)cc1. The van der Waals surface area contributed by atoms with Crippen molar-refractivity contribution in [3.63, 3.8) is 0 Å². The highest BCUT2D eigenvalue weighted by Crippen LogP contribution is 2.33. The zero-order chi connectivity index (χ0) is 24.2. The van der Waals surface area contributed by atoms with E-state index in [2.05, 4.69) is 4.98 Å². The maximum Gasteiger partial charge on any atom is 0.357 e. The number of hydrogen-bond acceptors (Lipinski definition) is 6. The summed E-state index contributed by atoms with van der Waals surface area (Å²) in [5, 5.41) is 20.2. The van der Waals surface area contributed by atoms with E-state index in [1.807, 2.05) is 6.92 Å². The molecule has 0 unspecified atom stereocenters. The maximum absolute atomic E-state index is 12.9. The van der Waals surface area contributed by atoms with Crippen molar-refractivity contribution in [1.82, 2.24) is 9.55 Å². The van der Waals surface area contributed by atoms with Gasteiger partial charge in [-0.15, -0.1) is 0 Å². The van der Waals surface area contributed by atoms with E-state index in [9.17, 15) is 19.8 Å². The van der Waals surface area contributed by atoms with Gasteiger partial charge in [-0.2, -0.15) is 4.98 Å². The Labute approximate surface area is 192 Å². The first-order valence-electron chi connectivity index (χ1n) is 10.8. The normalized spacial score (nSPS) is 11.3. The van der Waals surface area contributed by atoms with Crippen LogP contribution in [0.25, 0.3) is 16.8 Å². The highest BCUT2D eigenvalue weighted by molar-refractivity contribution is 5.96. The fourth-order valence-corrected chi connectivity index (χ4v) is 3.46. The average molecular weight is 453 g/mol. The minimum Gasteiger partial charge on any atom is -0.478 e. The third-order valence-electron chi connectivity index (χ3n) is 4.92. The van der Waals surface area contributed by atoms with Crippen LogP contribution in [0.3, 0.4) is 0 Å². The molecular weight excluding hydrogens is 424 g/mol. The van der Waals surface area contributed by atoms with Crippen LogP contribution >= 0.6 is 0 Å². The van der Waals surface area contributed by atoms with Crippen LogP contribution in [0, 0.1) is 0 Å². The highest BCUT2D eigenvalue weighted by atomic mass is 16.5. The number of ether oxygens (including phenoxy) is 2. The largest absolute Gasteiger partial charge is 0.478 e. The summed E-state index contributed by atoms with van der Waals surface area (Å²) in [5.41, 5.74) is 0.834. The third kappa shape index (κ3) is 5.06. The Morgan fingerprint density at radius 3 is 2.30 bits per heavy atom. The monoisotopic (exact) mass is 452 g/mol. The fraction of sp³-hybridized carbons (Fsp3) is 0.320. The Morgan fingerprint density at radius 1 is 1.06 bits per heavy atom. The molecule has 8 heteroatoms. The number of carbonyl (C=O) groups is 2. The number of carboxylic acids is 1. The van der Waals surface area contributed by atoms with Gasteiger partial charge in [0.2, 0.25) is 0 Å². The number of rotatable bonds is 9. The molecule has 0 aliphatic heterocycles. The third-order valence-corrected chi connectivity index (χ3v) is 4.92. The summed E-state index contributed by atoms with van der Waals surface area (Å²) in [6.45, 7) is 7.26. The lowest BCUT2D eigenvalue weighted by Crippen LogP contribution is -2.22. The van der Waals surface area contributed by atoms with Crippen molar-refractivity contribution >= 4 is 11.9 Å². The van der Waals surface area contributed by atoms with Crippen molar-refractivity contribution in [2.75, 3.05) is 13.2 Å². The molecule has 0 bridgehead atoms. The van der Waals surface area contributed by atoms with Crippen molar-refractivity contribution in [2.24, 2.45) is 0 Å². The second-order valence-corrected chi connectivity index (χ2v) is 7.95. The number of carboxylic acid groups (broad SMARTS) is 1. The smallest absolute Gasteiger partial charge is 0.357 e. The molecule has 8 nitrogen and oxygen atoms in total. The summed E-state index contributed by atoms with van der Waals surface area (Å²) in [7, 11) is 0. The van der Waals surface area contributed by atoms with Gasteiger partial charge >= 0.3 is 17.9 Å². The van der Waals surface area contributed by atoms with Crippen molar-refractivity contribution in [2.45, 2.75) is 39.7 Å². The molecule has 0 spiro atoms. The first-order valence-corrected chi connectivity index (χ1v) is 10.8. The van der Waals surface area contributed by atoms with Gasteiger partial charge in [-0.25, -0.2) is 9.59 Å². The molecule has 0 aliphatic carbocycles. The number of benzene rings is 2. The van der Waals surface area contributed by atoms with Gasteiger partial charge in [0, 0.05) is 0 Å². The first-order chi connectivity index (χ1) is 15.7. The number of nitrogens with zero attached hydrogens (tertiary/aromatic N) is 2. The zero-order valence-corrected chi connectivity index (χ0v) is 19.2. The summed E-state index contributed by atoms with van der Waals surface area (Å²) in [4.78, 5) is 28.9. The van der Waals surface area contributed by atoms with E-state index < -0.39 is 17.5 Å². The maximum atomic E-state index is 12.9. The van der Waals surface area contributed by atoms with E-state index in [1.165, 1.54) is 18.4 Å². The molecule has 2 N–H and O–H groups in total.